The number of benzene rings is 1. The first-order chi connectivity index (χ1) is 6.15. The molecule has 0 fully saturated rings. The van der Waals surface area contributed by atoms with Crippen molar-refractivity contribution < 1.29 is 4.79 Å². The zero-order valence-electron chi connectivity index (χ0n) is 7.83. The Hall–Kier alpha value is -0.960. The fourth-order valence-corrected chi connectivity index (χ4v) is 1.91. The van der Waals surface area contributed by atoms with E-state index in [0.29, 0.717) is 5.56 Å². The van der Waals surface area contributed by atoms with Crippen LogP contribution in [0, 0.1) is 6.92 Å². The van der Waals surface area contributed by atoms with E-state index in [1.807, 2.05) is 25.1 Å². The van der Waals surface area contributed by atoms with E-state index < -0.39 is 0 Å². The summed E-state index contributed by atoms with van der Waals surface area (Å²) in [5, 5.41) is 0. The predicted molar refractivity (Wildman–Crippen MR) is 56.1 cm³/mol. The Balaban J connectivity index is 3.10. The zero-order valence-corrected chi connectivity index (χ0v) is 8.65. The number of carbonyl (C=O) groups excluding carboxylic acids is 1. The normalized spacial score (nSPS) is 10.0. The molecule has 0 heterocycles. The molecule has 0 saturated heterocycles. The van der Waals surface area contributed by atoms with Gasteiger partial charge in [-0.2, -0.15) is 0 Å². The third-order valence-electron chi connectivity index (χ3n) is 1.70. The zero-order chi connectivity index (χ0) is 9.84. The largest absolute Gasteiger partial charge is 0.366 e. The smallest absolute Gasteiger partial charge is 0.249 e. The number of hydrogen-bond acceptors (Lipinski definition) is 2. The van der Waals surface area contributed by atoms with Crippen LogP contribution in [0.15, 0.2) is 23.1 Å². The minimum atomic E-state index is -0.348. The van der Waals surface area contributed by atoms with Crippen LogP contribution in [0.25, 0.3) is 0 Å². The summed E-state index contributed by atoms with van der Waals surface area (Å²) in [6.07, 6.45) is 0. The van der Waals surface area contributed by atoms with Gasteiger partial charge in [-0.25, -0.2) is 0 Å². The number of primary amides is 1. The predicted octanol–water partition coefficient (Wildman–Crippen LogP) is 2.21. The van der Waals surface area contributed by atoms with Gasteiger partial charge in [0.05, 0.1) is 5.56 Å². The number of amides is 1. The quantitative estimate of drug-likeness (QED) is 0.751. The molecule has 3 heteroatoms. The Morgan fingerprint density at radius 3 is 2.77 bits per heavy atom. The lowest BCUT2D eigenvalue weighted by Crippen LogP contribution is -2.12. The van der Waals surface area contributed by atoms with Crippen LogP contribution < -0.4 is 5.73 Å². The van der Waals surface area contributed by atoms with Gasteiger partial charge in [0, 0.05) is 4.90 Å². The lowest BCUT2D eigenvalue weighted by Gasteiger charge is -2.05. The van der Waals surface area contributed by atoms with E-state index in [1.165, 1.54) is 0 Å². The molecule has 2 nitrogen and oxygen atoms in total. The maximum absolute atomic E-state index is 11.1. The maximum Gasteiger partial charge on any atom is 0.249 e. The molecule has 0 saturated carbocycles. The van der Waals surface area contributed by atoms with Gasteiger partial charge in [-0.3, -0.25) is 4.79 Å². The van der Waals surface area contributed by atoms with Crippen LogP contribution in [0.3, 0.4) is 0 Å². The van der Waals surface area contributed by atoms with Crippen molar-refractivity contribution in [1.29, 1.82) is 0 Å². The molecule has 0 aliphatic carbocycles. The number of hydrogen-bond donors (Lipinski definition) is 1. The van der Waals surface area contributed by atoms with Crippen molar-refractivity contribution in [2.24, 2.45) is 5.73 Å². The molecule has 0 radical (unpaired) electrons. The Kier molecular flexibility index (Phi) is 3.37. The lowest BCUT2D eigenvalue weighted by molar-refractivity contribution is 0.0997. The highest BCUT2D eigenvalue weighted by Crippen LogP contribution is 2.22. The summed E-state index contributed by atoms with van der Waals surface area (Å²) in [6, 6.07) is 5.77. The highest BCUT2D eigenvalue weighted by Gasteiger charge is 2.07. The van der Waals surface area contributed by atoms with Crippen molar-refractivity contribution in [3.05, 3.63) is 29.3 Å². The highest BCUT2D eigenvalue weighted by atomic mass is 32.2. The van der Waals surface area contributed by atoms with Crippen molar-refractivity contribution in [2.75, 3.05) is 5.75 Å². The number of carbonyl (C=O) groups is 1. The van der Waals surface area contributed by atoms with Crippen molar-refractivity contribution >= 4 is 17.7 Å². The van der Waals surface area contributed by atoms with Gasteiger partial charge in [0.1, 0.15) is 0 Å². The van der Waals surface area contributed by atoms with E-state index >= 15 is 0 Å². The standard InChI is InChI=1S/C10H13NOS/c1-3-13-9-5-4-7(2)6-8(9)10(11)12/h4-6H,3H2,1-2H3,(H2,11,12). The number of rotatable bonds is 3. The molecule has 0 unspecified atom stereocenters. The number of thioether (sulfide) groups is 1. The molecular formula is C10H13NOS. The van der Waals surface area contributed by atoms with Gasteiger partial charge in [-0.15, -0.1) is 11.8 Å². The summed E-state index contributed by atoms with van der Waals surface area (Å²) in [6.45, 7) is 4.00. The lowest BCUT2D eigenvalue weighted by atomic mass is 10.1. The minimum absolute atomic E-state index is 0.348. The maximum atomic E-state index is 11.1. The molecule has 0 atom stereocenters. The van der Waals surface area contributed by atoms with Gasteiger partial charge in [0.2, 0.25) is 5.91 Å². The second kappa shape index (κ2) is 4.33. The van der Waals surface area contributed by atoms with Crippen LogP contribution in [0.1, 0.15) is 22.8 Å². The topological polar surface area (TPSA) is 43.1 Å². The van der Waals surface area contributed by atoms with Crippen LogP contribution in [-0.2, 0) is 0 Å². The third kappa shape index (κ3) is 2.49. The fraction of sp³-hybridized carbons (Fsp3) is 0.300. The molecular weight excluding hydrogens is 182 g/mol. The monoisotopic (exact) mass is 195 g/mol. The Labute approximate surface area is 82.5 Å². The molecule has 70 valence electrons. The van der Waals surface area contributed by atoms with E-state index in [0.717, 1.165) is 16.2 Å². The van der Waals surface area contributed by atoms with Crippen LogP contribution in [-0.4, -0.2) is 11.7 Å². The first-order valence-corrected chi connectivity index (χ1v) is 5.17. The summed E-state index contributed by atoms with van der Waals surface area (Å²) in [5.41, 5.74) is 6.96. The van der Waals surface area contributed by atoms with E-state index in [-0.39, 0.29) is 5.91 Å². The van der Waals surface area contributed by atoms with Gasteiger partial charge in [0.15, 0.2) is 0 Å². The van der Waals surface area contributed by atoms with E-state index in [2.05, 4.69) is 6.92 Å². The molecule has 0 spiro atoms. The fourth-order valence-electron chi connectivity index (χ4n) is 1.12. The van der Waals surface area contributed by atoms with Gasteiger partial charge in [-0.05, 0) is 24.8 Å². The minimum Gasteiger partial charge on any atom is -0.366 e. The van der Waals surface area contributed by atoms with Crippen molar-refractivity contribution in [3.8, 4) is 0 Å². The third-order valence-corrected chi connectivity index (χ3v) is 2.66. The molecule has 0 aliphatic heterocycles. The highest BCUT2D eigenvalue weighted by molar-refractivity contribution is 7.99. The van der Waals surface area contributed by atoms with Crippen LogP contribution in [0.4, 0.5) is 0 Å². The molecule has 1 aromatic carbocycles. The molecule has 2 N–H and O–H groups in total. The van der Waals surface area contributed by atoms with Gasteiger partial charge in [-0.1, -0.05) is 18.6 Å². The van der Waals surface area contributed by atoms with E-state index in [1.54, 1.807) is 11.8 Å². The van der Waals surface area contributed by atoms with Crippen LogP contribution in [0.2, 0.25) is 0 Å². The van der Waals surface area contributed by atoms with Gasteiger partial charge < -0.3 is 5.73 Å². The van der Waals surface area contributed by atoms with Gasteiger partial charge >= 0.3 is 0 Å². The molecule has 1 amide bonds. The van der Waals surface area contributed by atoms with Crippen LogP contribution >= 0.6 is 11.8 Å². The number of aryl methyl sites for hydroxylation is 1. The SMILES string of the molecule is CCSc1ccc(C)cc1C(N)=O. The Morgan fingerprint density at radius 2 is 2.23 bits per heavy atom. The Morgan fingerprint density at radius 1 is 1.54 bits per heavy atom. The molecule has 1 rings (SSSR count). The van der Waals surface area contributed by atoms with Crippen molar-refractivity contribution in [1.82, 2.24) is 0 Å². The first kappa shape index (κ1) is 10.1. The van der Waals surface area contributed by atoms with Gasteiger partial charge in [0.25, 0.3) is 0 Å². The van der Waals surface area contributed by atoms with Crippen molar-refractivity contribution in [3.63, 3.8) is 0 Å². The average Bonchev–Trinajstić information content (AvgIpc) is 2.08. The average molecular weight is 195 g/mol. The molecule has 0 aliphatic rings. The van der Waals surface area contributed by atoms with E-state index in [9.17, 15) is 4.79 Å². The summed E-state index contributed by atoms with van der Waals surface area (Å²) in [7, 11) is 0. The summed E-state index contributed by atoms with van der Waals surface area (Å²) < 4.78 is 0. The number of nitrogens with two attached hydrogens (primary N) is 1. The van der Waals surface area contributed by atoms with Crippen LogP contribution in [0.5, 0.6) is 0 Å². The second-order valence-corrected chi connectivity index (χ2v) is 4.10. The second-order valence-electron chi connectivity index (χ2n) is 2.80. The summed E-state index contributed by atoms with van der Waals surface area (Å²) >= 11 is 1.64. The van der Waals surface area contributed by atoms with Crippen molar-refractivity contribution in [2.45, 2.75) is 18.7 Å². The summed E-state index contributed by atoms with van der Waals surface area (Å²) in [5.74, 6) is 0.600. The molecule has 1 aromatic rings. The summed E-state index contributed by atoms with van der Waals surface area (Å²) in [4.78, 5) is 12.0. The molecule has 13 heavy (non-hydrogen) atoms. The molecule has 0 aromatic heterocycles. The Bertz CT molecular complexity index is 323. The van der Waals surface area contributed by atoms with E-state index in [4.69, 9.17) is 5.73 Å². The molecule has 0 bridgehead atoms. The first-order valence-electron chi connectivity index (χ1n) is 4.18.